The molecule has 8 nitrogen and oxygen atoms in total. The van der Waals surface area contributed by atoms with Crippen molar-refractivity contribution < 1.29 is 27.6 Å². The van der Waals surface area contributed by atoms with Crippen molar-refractivity contribution in [1.82, 2.24) is 4.72 Å². The summed E-state index contributed by atoms with van der Waals surface area (Å²) in [5.41, 5.74) is -0.524. The van der Waals surface area contributed by atoms with Crippen molar-refractivity contribution >= 4 is 15.7 Å². The van der Waals surface area contributed by atoms with Crippen molar-refractivity contribution in [2.75, 3.05) is 26.4 Å². The number of aliphatic hydroxyl groups is 1. The lowest BCUT2D eigenvalue weighted by molar-refractivity contribution is -0.385. The molecule has 10 heteroatoms. The normalized spacial score (nSPS) is 11.5. The van der Waals surface area contributed by atoms with Gasteiger partial charge in [0.1, 0.15) is 10.7 Å². The molecule has 0 aromatic heterocycles. The molecule has 21 heavy (non-hydrogen) atoms. The van der Waals surface area contributed by atoms with Gasteiger partial charge in [-0.2, -0.15) is 0 Å². The van der Waals surface area contributed by atoms with E-state index in [1.165, 1.54) is 0 Å². The van der Waals surface area contributed by atoms with E-state index >= 15 is 0 Å². The predicted octanol–water partition coefficient (Wildman–Crippen LogP) is 0.411. The maximum absolute atomic E-state index is 13.6. The summed E-state index contributed by atoms with van der Waals surface area (Å²) in [4.78, 5) is 8.99. The van der Waals surface area contributed by atoms with Gasteiger partial charge >= 0.3 is 0 Å². The molecule has 0 atom stereocenters. The van der Waals surface area contributed by atoms with Crippen molar-refractivity contribution in [2.24, 2.45) is 0 Å². The number of nitro benzene ring substituents is 1. The highest BCUT2D eigenvalue weighted by molar-refractivity contribution is 7.89. The summed E-state index contributed by atoms with van der Waals surface area (Å²) < 4.78 is 44.3. The molecule has 0 spiro atoms. The summed E-state index contributed by atoms with van der Waals surface area (Å²) in [6.07, 6.45) is 0.341. The molecule has 0 amide bonds. The average Bonchev–Trinajstić information content (AvgIpc) is 2.42. The Labute approximate surface area is 120 Å². The molecule has 2 N–H and O–H groups in total. The SMILES string of the molecule is O=[N+]([O-])c1ccc(S(=O)(=O)NCCCOCCO)c(F)c1. The number of aliphatic hydroxyl groups excluding tert-OH is 1. The first-order valence-electron chi connectivity index (χ1n) is 6.00. The third-order valence-electron chi connectivity index (χ3n) is 2.41. The Morgan fingerprint density at radius 1 is 1.38 bits per heavy atom. The second kappa shape index (κ2) is 7.98. The summed E-state index contributed by atoms with van der Waals surface area (Å²) in [6, 6.07) is 2.32. The van der Waals surface area contributed by atoms with Gasteiger partial charge in [-0.25, -0.2) is 17.5 Å². The Morgan fingerprint density at radius 3 is 2.67 bits per heavy atom. The molecular weight excluding hydrogens is 307 g/mol. The molecule has 1 aromatic carbocycles. The topological polar surface area (TPSA) is 119 Å². The summed E-state index contributed by atoms with van der Waals surface area (Å²) in [5, 5.41) is 18.9. The quantitative estimate of drug-likeness (QED) is 0.386. The van der Waals surface area contributed by atoms with Gasteiger partial charge in [-0.1, -0.05) is 0 Å². The Balaban J connectivity index is 2.64. The van der Waals surface area contributed by atoms with Gasteiger partial charge in [-0.05, 0) is 12.5 Å². The third-order valence-corrected chi connectivity index (χ3v) is 3.90. The van der Waals surface area contributed by atoms with Crippen LogP contribution in [-0.4, -0.2) is 44.8 Å². The van der Waals surface area contributed by atoms with E-state index in [9.17, 15) is 22.9 Å². The first-order valence-corrected chi connectivity index (χ1v) is 7.49. The molecule has 0 bridgehead atoms. The van der Waals surface area contributed by atoms with E-state index in [0.717, 1.165) is 12.1 Å². The number of hydrogen-bond acceptors (Lipinski definition) is 6. The number of hydrogen-bond donors (Lipinski definition) is 2. The first kappa shape index (κ1) is 17.4. The lowest BCUT2D eigenvalue weighted by Crippen LogP contribution is -2.26. The molecule has 0 saturated carbocycles. The minimum absolute atomic E-state index is 0.0180. The Morgan fingerprint density at radius 2 is 2.10 bits per heavy atom. The van der Waals surface area contributed by atoms with Crippen molar-refractivity contribution in [3.63, 3.8) is 0 Å². The van der Waals surface area contributed by atoms with Crippen LogP contribution in [-0.2, 0) is 14.8 Å². The van der Waals surface area contributed by atoms with Gasteiger partial charge in [-0.3, -0.25) is 10.1 Å². The summed E-state index contributed by atoms with van der Waals surface area (Å²) in [7, 11) is -4.08. The number of benzene rings is 1. The highest BCUT2D eigenvalue weighted by Gasteiger charge is 2.21. The monoisotopic (exact) mass is 322 g/mol. The highest BCUT2D eigenvalue weighted by Crippen LogP contribution is 2.20. The van der Waals surface area contributed by atoms with E-state index in [0.29, 0.717) is 12.5 Å². The van der Waals surface area contributed by atoms with Crippen LogP contribution in [0.25, 0.3) is 0 Å². The Bertz CT molecular complexity index is 592. The lowest BCUT2D eigenvalue weighted by Gasteiger charge is -2.07. The molecule has 0 unspecified atom stereocenters. The van der Waals surface area contributed by atoms with Crippen molar-refractivity contribution in [1.29, 1.82) is 0 Å². The largest absolute Gasteiger partial charge is 0.394 e. The number of nitrogens with one attached hydrogen (secondary N) is 1. The number of rotatable bonds is 9. The first-order chi connectivity index (χ1) is 9.88. The van der Waals surface area contributed by atoms with Crippen LogP contribution in [0.15, 0.2) is 23.1 Å². The number of non-ortho nitro benzene ring substituents is 1. The van der Waals surface area contributed by atoms with Crippen LogP contribution in [0.1, 0.15) is 6.42 Å². The maximum Gasteiger partial charge on any atom is 0.272 e. The number of ether oxygens (including phenoxy) is 1. The number of halogens is 1. The molecule has 0 heterocycles. The van der Waals surface area contributed by atoms with E-state index in [2.05, 4.69) is 4.72 Å². The Kier molecular flexibility index (Phi) is 6.62. The van der Waals surface area contributed by atoms with Crippen LogP contribution in [0.2, 0.25) is 0 Å². The zero-order valence-electron chi connectivity index (χ0n) is 11.0. The second-order valence-electron chi connectivity index (χ2n) is 3.96. The van der Waals surface area contributed by atoms with Gasteiger partial charge in [0.2, 0.25) is 10.0 Å². The van der Waals surface area contributed by atoms with Crippen LogP contribution < -0.4 is 4.72 Å². The van der Waals surface area contributed by atoms with Crippen LogP contribution >= 0.6 is 0 Å². The smallest absolute Gasteiger partial charge is 0.272 e. The van der Waals surface area contributed by atoms with Gasteiger partial charge in [0.15, 0.2) is 0 Å². The fraction of sp³-hybridized carbons (Fsp3) is 0.455. The molecule has 0 aliphatic carbocycles. The van der Waals surface area contributed by atoms with Gasteiger partial charge in [0.25, 0.3) is 5.69 Å². The average molecular weight is 322 g/mol. The molecule has 118 valence electrons. The van der Waals surface area contributed by atoms with E-state index in [1.54, 1.807) is 0 Å². The van der Waals surface area contributed by atoms with Crippen LogP contribution in [0.5, 0.6) is 0 Å². The minimum Gasteiger partial charge on any atom is -0.394 e. The van der Waals surface area contributed by atoms with Crippen molar-refractivity contribution in [3.05, 3.63) is 34.1 Å². The van der Waals surface area contributed by atoms with Crippen LogP contribution in [0.4, 0.5) is 10.1 Å². The third kappa shape index (κ3) is 5.34. The fourth-order valence-corrected chi connectivity index (χ4v) is 2.58. The maximum atomic E-state index is 13.6. The van der Waals surface area contributed by atoms with Crippen molar-refractivity contribution in [3.8, 4) is 0 Å². The number of nitro groups is 1. The van der Waals surface area contributed by atoms with Gasteiger partial charge in [-0.15, -0.1) is 0 Å². The van der Waals surface area contributed by atoms with Crippen LogP contribution in [0, 0.1) is 15.9 Å². The summed E-state index contributed by atoms with van der Waals surface area (Å²) in [6.45, 7) is 0.291. The molecule has 0 aliphatic heterocycles. The number of sulfonamides is 1. The molecule has 0 fully saturated rings. The zero-order chi connectivity index (χ0) is 15.9. The molecular formula is C11H15FN2O6S. The van der Waals surface area contributed by atoms with E-state index in [1.807, 2.05) is 0 Å². The molecule has 0 radical (unpaired) electrons. The standard InChI is InChI=1S/C11H15FN2O6S/c12-10-8-9(14(16)17)2-3-11(10)21(18,19)13-4-1-6-20-7-5-15/h2-3,8,13,15H,1,4-7H2. The molecule has 1 aromatic rings. The van der Waals surface area contributed by atoms with Gasteiger partial charge in [0.05, 0.1) is 24.2 Å². The molecule has 0 saturated heterocycles. The summed E-state index contributed by atoms with van der Waals surface area (Å²) in [5.74, 6) is -1.19. The van der Waals surface area contributed by atoms with E-state index in [-0.39, 0.29) is 26.4 Å². The second-order valence-corrected chi connectivity index (χ2v) is 5.69. The fourth-order valence-electron chi connectivity index (χ4n) is 1.45. The lowest BCUT2D eigenvalue weighted by atomic mass is 10.3. The zero-order valence-corrected chi connectivity index (χ0v) is 11.8. The van der Waals surface area contributed by atoms with E-state index in [4.69, 9.17) is 9.84 Å². The molecule has 0 aliphatic rings. The van der Waals surface area contributed by atoms with Crippen molar-refractivity contribution in [2.45, 2.75) is 11.3 Å². The number of nitrogens with zero attached hydrogens (tertiary/aromatic N) is 1. The van der Waals surface area contributed by atoms with Crippen LogP contribution in [0.3, 0.4) is 0 Å². The van der Waals surface area contributed by atoms with Gasteiger partial charge < -0.3 is 9.84 Å². The summed E-state index contributed by atoms with van der Waals surface area (Å²) >= 11 is 0. The minimum atomic E-state index is -4.08. The predicted molar refractivity (Wildman–Crippen MR) is 70.8 cm³/mol. The highest BCUT2D eigenvalue weighted by atomic mass is 32.2. The van der Waals surface area contributed by atoms with Gasteiger partial charge in [0, 0.05) is 19.2 Å². The van der Waals surface area contributed by atoms with E-state index < -0.39 is 31.3 Å². The Hall–Kier alpha value is -1.62. The molecule has 1 rings (SSSR count).